The van der Waals surface area contributed by atoms with Crippen LogP contribution in [0.4, 0.5) is 10.1 Å². The zero-order valence-corrected chi connectivity index (χ0v) is 19.6. The van der Waals surface area contributed by atoms with Gasteiger partial charge in [-0.25, -0.2) is 17.5 Å². The monoisotopic (exact) mass is 477 g/mol. The fraction of sp³-hybridized carbons (Fsp3) is 0.435. The highest BCUT2D eigenvalue weighted by molar-refractivity contribution is 7.99. The molecule has 1 amide bonds. The van der Waals surface area contributed by atoms with E-state index in [1.54, 1.807) is 42.1 Å². The number of piperidine rings is 1. The van der Waals surface area contributed by atoms with E-state index in [2.05, 4.69) is 14.9 Å². The van der Waals surface area contributed by atoms with Crippen LogP contribution < -0.4 is 10.0 Å². The number of nitrogens with zero attached hydrogens (tertiary/aromatic N) is 1. The number of rotatable bonds is 6. The maximum atomic E-state index is 13.1. The van der Waals surface area contributed by atoms with Crippen LogP contribution in [0, 0.1) is 17.7 Å². The van der Waals surface area contributed by atoms with Crippen LogP contribution in [0.1, 0.15) is 25.3 Å². The predicted octanol–water partition coefficient (Wildman–Crippen LogP) is 3.70. The second-order valence-electron chi connectivity index (χ2n) is 8.56. The highest BCUT2D eigenvalue weighted by Gasteiger charge is 2.25. The molecule has 0 aromatic heterocycles. The minimum absolute atomic E-state index is 0.0915. The first-order chi connectivity index (χ1) is 15.3. The minimum atomic E-state index is -3.66. The summed E-state index contributed by atoms with van der Waals surface area (Å²) in [6.07, 6.45) is 1.80. The summed E-state index contributed by atoms with van der Waals surface area (Å²) < 4.78 is 41.5. The molecule has 1 saturated heterocycles. The predicted molar refractivity (Wildman–Crippen MR) is 125 cm³/mol. The molecule has 2 aliphatic rings. The largest absolute Gasteiger partial charge is 0.325 e. The number of carbonyl (C=O) groups is 1. The molecule has 2 heterocycles. The molecule has 2 N–H and O–H groups in total. The summed E-state index contributed by atoms with van der Waals surface area (Å²) in [7, 11) is -3.66. The number of sulfonamides is 1. The number of anilines is 1. The summed E-state index contributed by atoms with van der Waals surface area (Å²) in [6, 6.07) is 11.5. The van der Waals surface area contributed by atoms with Gasteiger partial charge in [0, 0.05) is 29.7 Å². The lowest BCUT2D eigenvalue weighted by Gasteiger charge is -2.32. The molecule has 0 saturated carbocycles. The number of carbonyl (C=O) groups excluding carboxylic acids is 1. The molecule has 0 bridgehead atoms. The Morgan fingerprint density at radius 3 is 2.59 bits per heavy atom. The molecule has 2 aromatic carbocycles. The lowest BCUT2D eigenvalue weighted by Crippen LogP contribution is -2.38. The molecule has 2 aromatic rings. The van der Waals surface area contributed by atoms with Crippen molar-refractivity contribution in [2.45, 2.75) is 36.1 Å². The minimum Gasteiger partial charge on any atom is -0.325 e. The molecule has 0 unspecified atom stereocenters. The molecule has 6 nitrogen and oxygen atoms in total. The van der Waals surface area contributed by atoms with E-state index < -0.39 is 10.0 Å². The molecule has 0 radical (unpaired) electrons. The first-order valence-corrected chi connectivity index (χ1v) is 13.3. The van der Waals surface area contributed by atoms with Crippen LogP contribution in [0.5, 0.6) is 0 Å². The summed E-state index contributed by atoms with van der Waals surface area (Å²) in [5.41, 5.74) is 1.63. The standard InChI is InChI=1S/C23H28FN3O3S2/c1-16-15-31-22-7-6-20(12-21(22)26-23(16)28)32(29,30)25-13-17-8-10-27(11-9-17)14-18-2-4-19(24)5-3-18/h2-7,12,16-17,25H,8-11,13-15H2,1H3,(H,26,28)/t16-/m1/s1. The Hall–Kier alpha value is -1.94. The smallest absolute Gasteiger partial charge is 0.240 e. The maximum Gasteiger partial charge on any atom is 0.240 e. The van der Waals surface area contributed by atoms with E-state index in [4.69, 9.17) is 0 Å². The third kappa shape index (κ3) is 5.70. The van der Waals surface area contributed by atoms with Crippen LogP contribution in [0.2, 0.25) is 0 Å². The highest BCUT2D eigenvalue weighted by atomic mass is 32.2. The van der Waals surface area contributed by atoms with Crippen LogP contribution in [-0.4, -0.2) is 44.6 Å². The number of thioether (sulfide) groups is 1. The Kier molecular flexibility index (Phi) is 7.19. The van der Waals surface area contributed by atoms with Gasteiger partial charge in [-0.05, 0) is 67.7 Å². The SMILES string of the molecule is C[C@@H]1CSc2ccc(S(=O)(=O)NCC3CCN(Cc4ccc(F)cc4)CC3)cc2NC1=O. The van der Waals surface area contributed by atoms with Crippen LogP contribution in [0.25, 0.3) is 0 Å². The second-order valence-corrected chi connectivity index (χ2v) is 11.4. The fourth-order valence-electron chi connectivity index (χ4n) is 3.95. The van der Waals surface area contributed by atoms with Gasteiger partial charge < -0.3 is 5.32 Å². The van der Waals surface area contributed by atoms with Crippen molar-refractivity contribution in [1.29, 1.82) is 0 Å². The molecule has 172 valence electrons. The first-order valence-electron chi connectivity index (χ1n) is 10.8. The summed E-state index contributed by atoms with van der Waals surface area (Å²) >= 11 is 1.56. The topological polar surface area (TPSA) is 78.5 Å². The Morgan fingerprint density at radius 2 is 1.88 bits per heavy atom. The molecular weight excluding hydrogens is 449 g/mol. The van der Waals surface area contributed by atoms with Crippen molar-refractivity contribution in [3.8, 4) is 0 Å². The third-order valence-corrected chi connectivity index (χ3v) is 8.80. The van der Waals surface area contributed by atoms with Crippen molar-refractivity contribution in [3.05, 3.63) is 53.8 Å². The Labute approximate surface area is 193 Å². The van der Waals surface area contributed by atoms with Gasteiger partial charge in [0.25, 0.3) is 0 Å². The van der Waals surface area contributed by atoms with Gasteiger partial charge in [-0.1, -0.05) is 19.1 Å². The van der Waals surface area contributed by atoms with Crippen LogP contribution in [0.3, 0.4) is 0 Å². The van der Waals surface area contributed by atoms with E-state index in [1.165, 1.54) is 12.1 Å². The summed E-state index contributed by atoms with van der Waals surface area (Å²) in [4.78, 5) is 15.5. The van der Waals surface area contributed by atoms with Crippen molar-refractivity contribution in [2.24, 2.45) is 11.8 Å². The van der Waals surface area contributed by atoms with Gasteiger partial charge in [0.05, 0.1) is 10.6 Å². The fourth-order valence-corrected chi connectivity index (χ4v) is 6.11. The van der Waals surface area contributed by atoms with Crippen molar-refractivity contribution in [2.75, 3.05) is 30.7 Å². The molecule has 9 heteroatoms. The average molecular weight is 478 g/mol. The van der Waals surface area contributed by atoms with Crippen LogP contribution in [0.15, 0.2) is 52.3 Å². The van der Waals surface area contributed by atoms with Crippen molar-refractivity contribution in [3.63, 3.8) is 0 Å². The Bertz CT molecular complexity index is 1070. The van der Waals surface area contributed by atoms with E-state index in [9.17, 15) is 17.6 Å². The zero-order chi connectivity index (χ0) is 22.7. The molecule has 1 fully saturated rings. The summed E-state index contributed by atoms with van der Waals surface area (Å²) in [5, 5.41) is 2.84. The summed E-state index contributed by atoms with van der Waals surface area (Å²) in [6.45, 7) is 4.78. The number of halogens is 1. The zero-order valence-electron chi connectivity index (χ0n) is 18.0. The maximum absolute atomic E-state index is 13.1. The van der Waals surface area contributed by atoms with Gasteiger partial charge >= 0.3 is 0 Å². The quantitative estimate of drug-likeness (QED) is 0.663. The lowest BCUT2D eigenvalue weighted by atomic mass is 9.97. The number of amides is 1. The van der Waals surface area contributed by atoms with Gasteiger partial charge in [-0.2, -0.15) is 0 Å². The van der Waals surface area contributed by atoms with Crippen LogP contribution >= 0.6 is 11.8 Å². The van der Waals surface area contributed by atoms with Gasteiger partial charge in [0.2, 0.25) is 15.9 Å². The molecule has 2 aliphatic heterocycles. The van der Waals surface area contributed by atoms with Gasteiger partial charge in [-0.15, -0.1) is 11.8 Å². The lowest BCUT2D eigenvalue weighted by molar-refractivity contribution is -0.118. The Morgan fingerprint density at radius 1 is 1.16 bits per heavy atom. The number of fused-ring (bicyclic) bond motifs is 1. The van der Waals surface area contributed by atoms with E-state index in [0.717, 1.165) is 42.9 Å². The second kappa shape index (κ2) is 9.91. The van der Waals surface area contributed by atoms with Crippen molar-refractivity contribution >= 4 is 33.4 Å². The van der Waals surface area contributed by atoms with Gasteiger partial charge in [-0.3, -0.25) is 9.69 Å². The van der Waals surface area contributed by atoms with E-state index in [-0.39, 0.29) is 28.5 Å². The number of hydrogen-bond acceptors (Lipinski definition) is 5. The molecular formula is C23H28FN3O3S2. The van der Waals surface area contributed by atoms with Crippen molar-refractivity contribution < 1.29 is 17.6 Å². The van der Waals surface area contributed by atoms with E-state index in [1.807, 2.05) is 6.92 Å². The number of hydrogen-bond donors (Lipinski definition) is 2. The average Bonchev–Trinajstić information content (AvgIpc) is 2.92. The van der Waals surface area contributed by atoms with E-state index in [0.29, 0.717) is 18.0 Å². The van der Waals surface area contributed by atoms with E-state index >= 15 is 0 Å². The molecule has 4 rings (SSSR count). The first kappa shape index (κ1) is 23.2. The third-order valence-electron chi connectivity index (χ3n) is 6.04. The summed E-state index contributed by atoms with van der Waals surface area (Å²) in [5.74, 6) is 0.491. The van der Waals surface area contributed by atoms with Crippen LogP contribution in [-0.2, 0) is 21.4 Å². The number of likely N-dealkylation sites (tertiary alicyclic amines) is 1. The number of benzene rings is 2. The molecule has 1 atom stereocenters. The normalized spacial score (nSPS) is 20.4. The highest BCUT2D eigenvalue weighted by Crippen LogP contribution is 2.34. The molecule has 0 aliphatic carbocycles. The molecule has 0 spiro atoms. The van der Waals surface area contributed by atoms with Crippen molar-refractivity contribution in [1.82, 2.24) is 9.62 Å². The van der Waals surface area contributed by atoms with Gasteiger partial charge in [0.1, 0.15) is 5.82 Å². The molecule has 32 heavy (non-hydrogen) atoms. The van der Waals surface area contributed by atoms with Gasteiger partial charge in [0.15, 0.2) is 0 Å². The Balaban J connectivity index is 1.31. The number of nitrogens with one attached hydrogen (secondary N) is 2.